The van der Waals surface area contributed by atoms with Crippen molar-refractivity contribution in [1.29, 1.82) is 0 Å². The van der Waals surface area contributed by atoms with Gasteiger partial charge >= 0.3 is 0 Å². The summed E-state index contributed by atoms with van der Waals surface area (Å²) in [7, 11) is 0. The number of rotatable bonds is 6. The fraction of sp³-hybridized carbons (Fsp3) is 1.00. The van der Waals surface area contributed by atoms with Crippen LogP contribution in [0, 0.1) is 17.8 Å². The zero-order chi connectivity index (χ0) is 9.56. The first kappa shape index (κ1) is 12.0. The average Bonchev–Trinajstić information content (AvgIpc) is 2.12. The standard InChI is InChI=1S/C11H25N/c1-5-10(6-2)11(7-3)9(4)8-12/h9-11H,5-8,12H2,1-4H3. The van der Waals surface area contributed by atoms with Crippen molar-refractivity contribution in [3.05, 3.63) is 0 Å². The highest BCUT2D eigenvalue weighted by Crippen LogP contribution is 2.28. The van der Waals surface area contributed by atoms with Gasteiger partial charge in [-0.05, 0) is 24.3 Å². The van der Waals surface area contributed by atoms with Gasteiger partial charge in [0.1, 0.15) is 0 Å². The molecule has 0 aliphatic heterocycles. The molecule has 0 rings (SSSR count). The van der Waals surface area contributed by atoms with Crippen LogP contribution < -0.4 is 5.73 Å². The zero-order valence-electron chi connectivity index (χ0n) is 9.14. The van der Waals surface area contributed by atoms with Crippen molar-refractivity contribution >= 4 is 0 Å². The van der Waals surface area contributed by atoms with Crippen LogP contribution >= 0.6 is 0 Å². The van der Waals surface area contributed by atoms with Crippen molar-refractivity contribution in [3.8, 4) is 0 Å². The van der Waals surface area contributed by atoms with Crippen molar-refractivity contribution in [2.45, 2.75) is 47.0 Å². The van der Waals surface area contributed by atoms with Crippen LogP contribution in [0.5, 0.6) is 0 Å². The largest absolute Gasteiger partial charge is 0.330 e. The van der Waals surface area contributed by atoms with Crippen molar-refractivity contribution in [1.82, 2.24) is 0 Å². The van der Waals surface area contributed by atoms with Crippen LogP contribution in [-0.2, 0) is 0 Å². The maximum absolute atomic E-state index is 5.70. The summed E-state index contributed by atoms with van der Waals surface area (Å²) in [4.78, 5) is 0. The Morgan fingerprint density at radius 3 is 1.75 bits per heavy atom. The molecule has 0 aromatic rings. The Labute approximate surface area is 77.7 Å². The molecule has 0 aromatic heterocycles. The molecule has 0 radical (unpaired) electrons. The molecule has 74 valence electrons. The van der Waals surface area contributed by atoms with Gasteiger partial charge in [0, 0.05) is 0 Å². The second kappa shape index (κ2) is 6.47. The number of nitrogens with two attached hydrogens (primary N) is 1. The highest BCUT2D eigenvalue weighted by molar-refractivity contribution is 4.72. The van der Waals surface area contributed by atoms with E-state index in [-0.39, 0.29) is 0 Å². The summed E-state index contributed by atoms with van der Waals surface area (Å²) in [5, 5.41) is 0. The minimum atomic E-state index is 0.694. The van der Waals surface area contributed by atoms with Crippen LogP contribution in [0.1, 0.15) is 47.0 Å². The van der Waals surface area contributed by atoms with Gasteiger partial charge < -0.3 is 5.73 Å². The molecule has 2 N–H and O–H groups in total. The molecule has 0 aliphatic carbocycles. The van der Waals surface area contributed by atoms with Crippen LogP contribution in [0.3, 0.4) is 0 Å². The Hall–Kier alpha value is -0.0400. The first-order valence-electron chi connectivity index (χ1n) is 5.41. The van der Waals surface area contributed by atoms with Gasteiger partial charge in [-0.2, -0.15) is 0 Å². The van der Waals surface area contributed by atoms with Crippen molar-refractivity contribution in [2.24, 2.45) is 23.5 Å². The lowest BCUT2D eigenvalue weighted by atomic mass is 9.78. The van der Waals surface area contributed by atoms with E-state index in [0.29, 0.717) is 5.92 Å². The Bertz CT molecular complexity index is 97.2. The molecule has 0 aliphatic rings. The third kappa shape index (κ3) is 3.14. The van der Waals surface area contributed by atoms with Crippen LogP contribution in [-0.4, -0.2) is 6.54 Å². The van der Waals surface area contributed by atoms with E-state index in [0.717, 1.165) is 18.4 Å². The van der Waals surface area contributed by atoms with Crippen LogP contribution in [0.25, 0.3) is 0 Å². The summed E-state index contributed by atoms with van der Waals surface area (Å²) < 4.78 is 0. The fourth-order valence-electron chi connectivity index (χ4n) is 2.27. The molecular weight excluding hydrogens is 146 g/mol. The first-order valence-corrected chi connectivity index (χ1v) is 5.41. The van der Waals surface area contributed by atoms with Crippen LogP contribution in [0.2, 0.25) is 0 Å². The third-order valence-electron chi connectivity index (χ3n) is 3.23. The summed E-state index contributed by atoms with van der Waals surface area (Å²) in [6, 6.07) is 0. The van der Waals surface area contributed by atoms with E-state index in [1.807, 2.05) is 0 Å². The molecule has 0 bridgehead atoms. The van der Waals surface area contributed by atoms with E-state index in [1.54, 1.807) is 0 Å². The van der Waals surface area contributed by atoms with E-state index in [2.05, 4.69) is 27.7 Å². The molecule has 12 heavy (non-hydrogen) atoms. The first-order chi connectivity index (χ1) is 5.71. The van der Waals surface area contributed by atoms with Gasteiger partial charge in [-0.25, -0.2) is 0 Å². The highest BCUT2D eigenvalue weighted by Gasteiger charge is 2.21. The van der Waals surface area contributed by atoms with Crippen molar-refractivity contribution < 1.29 is 0 Å². The van der Waals surface area contributed by atoms with Gasteiger partial charge in [0.15, 0.2) is 0 Å². The Morgan fingerprint density at radius 1 is 1.00 bits per heavy atom. The van der Waals surface area contributed by atoms with Gasteiger partial charge in [-0.15, -0.1) is 0 Å². The SMILES string of the molecule is CCC(CC)C(CC)C(C)CN. The Kier molecular flexibility index (Phi) is 6.45. The Morgan fingerprint density at radius 2 is 1.50 bits per heavy atom. The number of hydrogen-bond donors (Lipinski definition) is 1. The monoisotopic (exact) mass is 171 g/mol. The van der Waals surface area contributed by atoms with Gasteiger partial charge in [-0.1, -0.05) is 47.0 Å². The lowest BCUT2D eigenvalue weighted by Gasteiger charge is -2.29. The minimum absolute atomic E-state index is 0.694. The van der Waals surface area contributed by atoms with E-state index in [9.17, 15) is 0 Å². The predicted molar refractivity (Wildman–Crippen MR) is 56.1 cm³/mol. The van der Waals surface area contributed by atoms with Crippen LogP contribution in [0.15, 0.2) is 0 Å². The minimum Gasteiger partial charge on any atom is -0.330 e. The molecule has 0 aromatic carbocycles. The molecule has 0 saturated heterocycles. The fourth-order valence-corrected chi connectivity index (χ4v) is 2.27. The molecule has 2 atom stereocenters. The van der Waals surface area contributed by atoms with Crippen molar-refractivity contribution in [3.63, 3.8) is 0 Å². The van der Waals surface area contributed by atoms with Crippen LogP contribution in [0.4, 0.5) is 0 Å². The topological polar surface area (TPSA) is 26.0 Å². The van der Waals surface area contributed by atoms with E-state index < -0.39 is 0 Å². The molecule has 0 heterocycles. The summed E-state index contributed by atoms with van der Waals surface area (Å²) in [5.74, 6) is 2.42. The summed E-state index contributed by atoms with van der Waals surface area (Å²) in [6.07, 6.45) is 3.89. The molecular formula is C11H25N. The smallest absolute Gasteiger partial charge is 0.00488 e. The zero-order valence-corrected chi connectivity index (χ0v) is 9.14. The summed E-state index contributed by atoms with van der Waals surface area (Å²) >= 11 is 0. The van der Waals surface area contributed by atoms with E-state index in [4.69, 9.17) is 5.73 Å². The second-order valence-corrected chi connectivity index (χ2v) is 3.86. The predicted octanol–water partition coefficient (Wildman–Crippen LogP) is 3.04. The molecule has 1 heteroatoms. The lowest BCUT2D eigenvalue weighted by molar-refractivity contribution is 0.223. The second-order valence-electron chi connectivity index (χ2n) is 3.86. The molecule has 1 nitrogen and oxygen atoms in total. The third-order valence-corrected chi connectivity index (χ3v) is 3.23. The molecule has 0 spiro atoms. The molecule has 0 saturated carbocycles. The summed E-state index contributed by atoms with van der Waals surface area (Å²) in [5.41, 5.74) is 5.70. The maximum Gasteiger partial charge on any atom is -0.00488 e. The van der Waals surface area contributed by atoms with Crippen molar-refractivity contribution in [2.75, 3.05) is 6.54 Å². The van der Waals surface area contributed by atoms with E-state index >= 15 is 0 Å². The molecule has 0 fully saturated rings. The lowest BCUT2D eigenvalue weighted by Crippen LogP contribution is -2.26. The molecule has 2 unspecified atom stereocenters. The average molecular weight is 171 g/mol. The quantitative estimate of drug-likeness (QED) is 0.653. The molecule has 0 amide bonds. The van der Waals surface area contributed by atoms with Gasteiger partial charge in [0.05, 0.1) is 0 Å². The van der Waals surface area contributed by atoms with Gasteiger partial charge in [0.25, 0.3) is 0 Å². The Balaban J connectivity index is 4.09. The van der Waals surface area contributed by atoms with Gasteiger partial charge in [0.2, 0.25) is 0 Å². The van der Waals surface area contributed by atoms with Gasteiger partial charge in [-0.3, -0.25) is 0 Å². The number of hydrogen-bond acceptors (Lipinski definition) is 1. The summed E-state index contributed by atoms with van der Waals surface area (Å²) in [6.45, 7) is 10.00. The maximum atomic E-state index is 5.70. The highest BCUT2D eigenvalue weighted by atomic mass is 14.6. The normalized spacial score (nSPS) is 16.5. The van der Waals surface area contributed by atoms with E-state index in [1.165, 1.54) is 19.3 Å².